The van der Waals surface area contributed by atoms with E-state index >= 15 is 0 Å². The molecule has 0 bridgehead atoms. The van der Waals surface area contributed by atoms with Gasteiger partial charge in [0.25, 0.3) is 0 Å². The Morgan fingerprint density at radius 3 is 2.60 bits per heavy atom. The van der Waals surface area contributed by atoms with Crippen LogP contribution in [0.15, 0.2) is 29.4 Å². The van der Waals surface area contributed by atoms with Gasteiger partial charge in [-0.2, -0.15) is 8.78 Å². The van der Waals surface area contributed by atoms with E-state index in [0.29, 0.717) is 5.56 Å². The molecule has 0 amide bonds. The Labute approximate surface area is 112 Å². The molecule has 0 heterocycles. The van der Waals surface area contributed by atoms with Crippen LogP contribution in [0.25, 0.3) is 10.4 Å². The van der Waals surface area contributed by atoms with E-state index in [9.17, 15) is 13.6 Å². The van der Waals surface area contributed by atoms with E-state index < -0.39 is 18.6 Å². The molecule has 0 aliphatic carbocycles. The Morgan fingerprint density at radius 1 is 1.45 bits per heavy atom. The summed E-state index contributed by atoms with van der Waals surface area (Å²) in [5.41, 5.74) is 8.47. The Kier molecular flexibility index (Phi) is 6.21. The summed E-state index contributed by atoms with van der Waals surface area (Å²) in [5, 5.41) is 15.0. The van der Waals surface area contributed by atoms with Gasteiger partial charge >= 0.3 is 12.6 Å². The smallest absolute Gasteiger partial charge is 0.387 e. The number of alkyl halides is 2. The number of ether oxygens (including phenoxy) is 1. The lowest BCUT2D eigenvalue weighted by molar-refractivity contribution is -0.139. The van der Waals surface area contributed by atoms with E-state index in [4.69, 9.17) is 10.6 Å². The van der Waals surface area contributed by atoms with E-state index in [2.05, 4.69) is 20.1 Å². The number of benzene rings is 1. The lowest BCUT2D eigenvalue weighted by Crippen LogP contribution is -2.30. The molecule has 0 fully saturated rings. The Morgan fingerprint density at radius 2 is 2.10 bits per heavy atom. The van der Waals surface area contributed by atoms with Gasteiger partial charge in [0, 0.05) is 18.0 Å². The van der Waals surface area contributed by atoms with Crippen LogP contribution in [0.2, 0.25) is 0 Å². The van der Waals surface area contributed by atoms with Crippen molar-refractivity contribution in [3.63, 3.8) is 0 Å². The fourth-order valence-corrected chi connectivity index (χ4v) is 1.49. The van der Waals surface area contributed by atoms with Crippen LogP contribution >= 0.6 is 0 Å². The first-order chi connectivity index (χ1) is 9.54. The standard InChI is InChI=1S/C11H12F2N4O3/c12-11(13)20-8-3-1-7(2-4-8)9(10(18)19)15-5-6-16-17-14/h1-4,9,11,15H,5-6H2,(H,18,19). The van der Waals surface area contributed by atoms with E-state index in [1.54, 1.807) is 0 Å². The fraction of sp³-hybridized carbons (Fsp3) is 0.364. The Hall–Kier alpha value is -2.38. The van der Waals surface area contributed by atoms with E-state index in [1.165, 1.54) is 24.3 Å². The molecule has 2 N–H and O–H groups in total. The molecule has 108 valence electrons. The van der Waals surface area contributed by atoms with Crippen LogP contribution < -0.4 is 10.1 Å². The van der Waals surface area contributed by atoms with Crippen molar-refractivity contribution in [2.45, 2.75) is 12.7 Å². The quantitative estimate of drug-likeness (QED) is 0.331. The van der Waals surface area contributed by atoms with Crippen molar-refractivity contribution in [3.8, 4) is 5.75 Å². The van der Waals surface area contributed by atoms with Gasteiger partial charge in [-0.1, -0.05) is 17.2 Å². The molecule has 0 aliphatic rings. The molecule has 0 aliphatic heterocycles. The first-order valence-corrected chi connectivity index (χ1v) is 5.56. The minimum Gasteiger partial charge on any atom is -0.480 e. The van der Waals surface area contributed by atoms with Gasteiger partial charge in [0.05, 0.1) is 0 Å². The summed E-state index contributed by atoms with van der Waals surface area (Å²) < 4.78 is 28.1. The SMILES string of the molecule is [N-]=[N+]=NCCNC(C(=O)O)c1ccc(OC(F)F)cc1. The number of hydrogen-bond donors (Lipinski definition) is 2. The highest BCUT2D eigenvalue weighted by atomic mass is 19.3. The van der Waals surface area contributed by atoms with Crippen LogP contribution in [0.5, 0.6) is 5.75 Å². The number of carbonyl (C=O) groups is 1. The van der Waals surface area contributed by atoms with Crippen molar-refractivity contribution >= 4 is 5.97 Å². The third kappa shape index (κ3) is 5.09. The summed E-state index contributed by atoms with van der Waals surface area (Å²) in [6.07, 6.45) is 0. The molecule has 0 spiro atoms. The molecule has 20 heavy (non-hydrogen) atoms. The number of hydrogen-bond acceptors (Lipinski definition) is 4. The van der Waals surface area contributed by atoms with Gasteiger partial charge in [-0.3, -0.25) is 4.79 Å². The second-order valence-electron chi connectivity index (χ2n) is 3.63. The van der Waals surface area contributed by atoms with Gasteiger partial charge in [0.1, 0.15) is 11.8 Å². The van der Waals surface area contributed by atoms with Gasteiger partial charge in [-0.25, -0.2) is 0 Å². The van der Waals surface area contributed by atoms with Crippen LogP contribution in [0.3, 0.4) is 0 Å². The molecule has 7 nitrogen and oxygen atoms in total. The predicted molar refractivity (Wildman–Crippen MR) is 65.5 cm³/mol. The maximum atomic E-state index is 12.0. The number of azide groups is 1. The number of carboxylic acid groups (broad SMARTS) is 1. The van der Waals surface area contributed by atoms with Crippen LogP contribution in [-0.4, -0.2) is 30.8 Å². The summed E-state index contributed by atoms with van der Waals surface area (Å²) in [7, 11) is 0. The topological polar surface area (TPSA) is 107 Å². The molecular weight excluding hydrogens is 274 g/mol. The zero-order valence-electron chi connectivity index (χ0n) is 10.2. The van der Waals surface area contributed by atoms with E-state index in [1.807, 2.05) is 0 Å². The minimum absolute atomic E-state index is 0.0537. The Bertz CT molecular complexity index is 489. The number of halogens is 2. The highest BCUT2D eigenvalue weighted by Crippen LogP contribution is 2.19. The summed E-state index contributed by atoms with van der Waals surface area (Å²) in [4.78, 5) is 13.6. The molecule has 1 rings (SSSR count). The first kappa shape index (κ1) is 15.7. The largest absolute Gasteiger partial charge is 0.480 e. The molecular formula is C11H12F2N4O3. The maximum absolute atomic E-state index is 12.0. The second kappa shape index (κ2) is 7.93. The molecule has 0 aromatic heterocycles. The lowest BCUT2D eigenvalue weighted by atomic mass is 10.1. The van der Waals surface area contributed by atoms with Gasteiger partial charge in [-0.05, 0) is 23.2 Å². The molecule has 1 aromatic carbocycles. The summed E-state index contributed by atoms with van der Waals surface area (Å²) in [6.45, 7) is -2.65. The summed E-state index contributed by atoms with van der Waals surface area (Å²) in [6, 6.07) is 4.23. The van der Waals surface area contributed by atoms with Crippen molar-refractivity contribution in [2.24, 2.45) is 5.11 Å². The van der Waals surface area contributed by atoms with Gasteiger partial charge in [0.15, 0.2) is 0 Å². The normalized spacial score (nSPS) is 11.8. The fourth-order valence-electron chi connectivity index (χ4n) is 1.49. The van der Waals surface area contributed by atoms with Crippen LogP contribution in [-0.2, 0) is 4.79 Å². The van der Waals surface area contributed by atoms with Crippen LogP contribution in [0.1, 0.15) is 11.6 Å². The van der Waals surface area contributed by atoms with Crippen molar-refractivity contribution in [3.05, 3.63) is 40.3 Å². The first-order valence-electron chi connectivity index (χ1n) is 5.56. The third-order valence-corrected chi connectivity index (χ3v) is 2.31. The van der Waals surface area contributed by atoms with Gasteiger partial charge < -0.3 is 15.2 Å². The van der Waals surface area contributed by atoms with Crippen molar-refractivity contribution in [1.82, 2.24) is 5.32 Å². The molecule has 1 unspecified atom stereocenters. The van der Waals surface area contributed by atoms with Crippen molar-refractivity contribution in [2.75, 3.05) is 13.1 Å². The number of carboxylic acids is 1. The zero-order chi connectivity index (χ0) is 15.0. The predicted octanol–water partition coefficient (Wildman–Crippen LogP) is 2.31. The number of rotatable bonds is 8. The van der Waals surface area contributed by atoms with E-state index in [0.717, 1.165) is 0 Å². The zero-order valence-corrected chi connectivity index (χ0v) is 10.2. The molecule has 0 saturated heterocycles. The summed E-state index contributed by atoms with van der Waals surface area (Å²) in [5.74, 6) is -1.18. The van der Waals surface area contributed by atoms with Crippen LogP contribution in [0.4, 0.5) is 8.78 Å². The van der Waals surface area contributed by atoms with Gasteiger partial charge in [-0.15, -0.1) is 0 Å². The van der Waals surface area contributed by atoms with E-state index in [-0.39, 0.29) is 18.8 Å². The van der Waals surface area contributed by atoms with Gasteiger partial charge in [0.2, 0.25) is 0 Å². The highest BCUT2D eigenvalue weighted by Gasteiger charge is 2.18. The van der Waals surface area contributed by atoms with Crippen molar-refractivity contribution in [1.29, 1.82) is 0 Å². The molecule has 0 radical (unpaired) electrons. The molecule has 9 heteroatoms. The monoisotopic (exact) mass is 286 g/mol. The average molecular weight is 286 g/mol. The number of aliphatic carboxylic acids is 1. The Balaban J connectivity index is 2.71. The second-order valence-corrected chi connectivity index (χ2v) is 3.63. The highest BCUT2D eigenvalue weighted by molar-refractivity contribution is 5.75. The van der Waals surface area contributed by atoms with Crippen molar-refractivity contribution < 1.29 is 23.4 Å². The average Bonchev–Trinajstić information content (AvgIpc) is 2.39. The number of nitrogens with zero attached hydrogens (tertiary/aromatic N) is 3. The minimum atomic E-state index is -2.93. The molecule has 0 saturated carbocycles. The lowest BCUT2D eigenvalue weighted by Gasteiger charge is -2.14. The third-order valence-electron chi connectivity index (χ3n) is 2.31. The number of nitrogens with one attached hydrogen (secondary N) is 1. The van der Waals surface area contributed by atoms with Crippen LogP contribution in [0, 0.1) is 0 Å². The maximum Gasteiger partial charge on any atom is 0.387 e. The molecule has 1 atom stereocenters. The summed E-state index contributed by atoms with van der Waals surface area (Å²) >= 11 is 0. The molecule has 1 aromatic rings.